The van der Waals surface area contributed by atoms with Crippen LogP contribution >= 0.6 is 0 Å². The van der Waals surface area contributed by atoms with E-state index < -0.39 is 0 Å². The fourth-order valence-electron chi connectivity index (χ4n) is 3.81. The predicted octanol–water partition coefficient (Wildman–Crippen LogP) is 5.59. The second-order valence-corrected chi connectivity index (χ2v) is 8.08. The van der Waals surface area contributed by atoms with Gasteiger partial charge in [0.1, 0.15) is 12.4 Å². The first-order chi connectivity index (χ1) is 16.5. The van der Waals surface area contributed by atoms with E-state index >= 15 is 0 Å². The maximum Gasteiger partial charge on any atom is 0.251 e. The molecular weight excluding hydrogens is 428 g/mol. The van der Waals surface area contributed by atoms with E-state index in [1.807, 2.05) is 62.4 Å². The number of benzene rings is 3. The van der Waals surface area contributed by atoms with Crippen LogP contribution in [0, 0.1) is 13.8 Å². The van der Waals surface area contributed by atoms with Crippen LogP contribution in [0.4, 0.5) is 0 Å². The van der Waals surface area contributed by atoms with Crippen molar-refractivity contribution in [3.05, 3.63) is 113 Å². The number of hydrogen-bond donors (Lipinski definition) is 1. The van der Waals surface area contributed by atoms with Crippen LogP contribution in [0.25, 0.3) is 0 Å². The first kappa shape index (κ1) is 23.1. The molecule has 1 N–H and O–H groups in total. The van der Waals surface area contributed by atoms with Crippen molar-refractivity contribution in [2.75, 3.05) is 7.11 Å². The molecule has 0 aliphatic heterocycles. The molecule has 174 valence electrons. The Hall–Kier alpha value is -4.06. The molecule has 4 aromatic rings. The molecule has 34 heavy (non-hydrogen) atoms. The number of aromatic nitrogens is 1. The largest absolute Gasteiger partial charge is 0.493 e. The van der Waals surface area contributed by atoms with Crippen LogP contribution in [0.2, 0.25) is 0 Å². The van der Waals surface area contributed by atoms with E-state index in [2.05, 4.69) is 22.6 Å². The number of nitrogens with one attached hydrogen (secondary N) is 1. The van der Waals surface area contributed by atoms with Gasteiger partial charge in [-0.15, -0.1) is 0 Å². The zero-order valence-corrected chi connectivity index (χ0v) is 19.6. The second-order valence-electron chi connectivity index (χ2n) is 8.08. The molecule has 0 fully saturated rings. The van der Waals surface area contributed by atoms with Gasteiger partial charge < -0.3 is 19.3 Å². The van der Waals surface area contributed by atoms with Crippen LogP contribution in [0.15, 0.2) is 83.4 Å². The first-order valence-corrected chi connectivity index (χ1v) is 11.2. The zero-order valence-electron chi connectivity index (χ0n) is 19.6. The Labute approximate surface area is 199 Å². The highest BCUT2D eigenvalue weighted by Gasteiger charge is 2.18. The number of nitrogens with zero attached hydrogens (tertiary/aromatic N) is 1. The second kappa shape index (κ2) is 10.7. The first-order valence-electron chi connectivity index (χ1n) is 11.2. The van der Waals surface area contributed by atoms with Gasteiger partial charge in [0.15, 0.2) is 11.5 Å². The molecule has 0 spiro atoms. The average molecular weight is 457 g/mol. The SMILES string of the molecule is COc1cc(C(=O)N[C@H](Cc2ccccc2)c2ccccc2)ccc1OCc1c(C)noc1C. The van der Waals surface area contributed by atoms with Gasteiger partial charge >= 0.3 is 0 Å². The van der Waals surface area contributed by atoms with Gasteiger partial charge in [0.25, 0.3) is 5.91 Å². The molecule has 6 nitrogen and oxygen atoms in total. The number of aryl methyl sites for hydroxylation is 2. The van der Waals surface area contributed by atoms with E-state index in [-0.39, 0.29) is 11.9 Å². The third-order valence-corrected chi connectivity index (χ3v) is 5.77. The highest BCUT2D eigenvalue weighted by Crippen LogP contribution is 2.30. The Morgan fingerprint density at radius 3 is 2.32 bits per heavy atom. The van der Waals surface area contributed by atoms with Crippen LogP contribution in [0.1, 0.15) is 44.5 Å². The molecule has 6 heteroatoms. The lowest BCUT2D eigenvalue weighted by Gasteiger charge is -2.20. The highest BCUT2D eigenvalue weighted by molar-refractivity contribution is 5.95. The maximum atomic E-state index is 13.2. The highest BCUT2D eigenvalue weighted by atomic mass is 16.5. The number of amides is 1. The molecule has 0 saturated heterocycles. The molecular formula is C28H28N2O4. The van der Waals surface area contributed by atoms with Crippen LogP contribution in [-0.4, -0.2) is 18.2 Å². The van der Waals surface area contributed by atoms with E-state index in [9.17, 15) is 4.79 Å². The van der Waals surface area contributed by atoms with E-state index in [1.54, 1.807) is 25.3 Å². The minimum Gasteiger partial charge on any atom is -0.493 e. The quantitative estimate of drug-likeness (QED) is 0.355. The summed E-state index contributed by atoms with van der Waals surface area (Å²) in [4.78, 5) is 13.2. The third kappa shape index (κ3) is 5.46. The summed E-state index contributed by atoms with van der Waals surface area (Å²) in [6, 6.07) is 25.1. The summed E-state index contributed by atoms with van der Waals surface area (Å²) < 4.78 is 16.6. The Morgan fingerprint density at radius 1 is 0.971 bits per heavy atom. The molecule has 0 aliphatic rings. The summed E-state index contributed by atoms with van der Waals surface area (Å²) >= 11 is 0. The van der Waals surface area contributed by atoms with Crippen LogP contribution < -0.4 is 14.8 Å². The molecule has 1 aromatic heterocycles. The third-order valence-electron chi connectivity index (χ3n) is 5.77. The number of carbonyl (C=O) groups excluding carboxylic acids is 1. The standard InChI is InChI=1S/C28H28N2O4/c1-19-24(20(2)34-30-19)18-33-26-15-14-23(17-27(26)32-3)28(31)29-25(22-12-8-5-9-13-22)16-21-10-6-4-7-11-21/h4-15,17,25H,16,18H2,1-3H3,(H,29,31)/t25-/m1/s1. The Kier molecular flexibility index (Phi) is 7.28. The summed E-state index contributed by atoms with van der Waals surface area (Å²) in [5, 5.41) is 7.13. The number of methoxy groups -OCH3 is 1. The van der Waals surface area contributed by atoms with Crippen molar-refractivity contribution in [1.82, 2.24) is 10.5 Å². The molecule has 0 bridgehead atoms. The maximum absolute atomic E-state index is 13.2. The summed E-state index contributed by atoms with van der Waals surface area (Å²) in [5.74, 6) is 1.57. The average Bonchev–Trinajstić information content (AvgIpc) is 3.20. The molecule has 1 heterocycles. The van der Waals surface area contributed by atoms with Crippen molar-refractivity contribution in [2.45, 2.75) is 32.9 Å². The van der Waals surface area contributed by atoms with Crippen LogP contribution in [-0.2, 0) is 13.0 Å². The van der Waals surface area contributed by atoms with Crippen molar-refractivity contribution in [3.8, 4) is 11.5 Å². The molecule has 0 aliphatic carbocycles. The summed E-state index contributed by atoms with van der Waals surface area (Å²) in [6.45, 7) is 4.02. The van der Waals surface area contributed by atoms with Crippen molar-refractivity contribution in [3.63, 3.8) is 0 Å². The Bertz CT molecular complexity index is 1220. The molecule has 0 unspecified atom stereocenters. The number of rotatable bonds is 9. The van der Waals surface area contributed by atoms with Gasteiger partial charge in [-0.2, -0.15) is 0 Å². The Morgan fingerprint density at radius 2 is 1.68 bits per heavy atom. The van der Waals surface area contributed by atoms with Gasteiger partial charge in [0.2, 0.25) is 0 Å². The van der Waals surface area contributed by atoms with E-state index in [4.69, 9.17) is 14.0 Å². The van der Waals surface area contributed by atoms with E-state index in [1.165, 1.54) is 0 Å². The fourth-order valence-corrected chi connectivity index (χ4v) is 3.81. The van der Waals surface area contributed by atoms with Gasteiger partial charge in [0, 0.05) is 5.56 Å². The normalized spacial score (nSPS) is 11.6. The minimum absolute atomic E-state index is 0.169. The smallest absolute Gasteiger partial charge is 0.251 e. The summed E-state index contributed by atoms with van der Waals surface area (Å²) in [5.41, 5.74) is 4.38. The molecule has 1 amide bonds. The Balaban J connectivity index is 1.51. The number of hydrogen-bond acceptors (Lipinski definition) is 5. The van der Waals surface area contributed by atoms with Crippen molar-refractivity contribution in [1.29, 1.82) is 0 Å². The minimum atomic E-state index is -0.180. The molecule has 0 saturated carbocycles. The van der Waals surface area contributed by atoms with E-state index in [0.29, 0.717) is 30.1 Å². The zero-order chi connectivity index (χ0) is 23.9. The van der Waals surface area contributed by atoms with Crippen LogP contribution in [0.5, 0.6) is 11.5 Å². The summed E-state index contributed by atoms with van der Waals surface area (Å²) in [6.07, 6.45) is 0.687. The van der Waals surface area contributed by atoms with Gasteiger partial charge in [-0.05, 0) is 49.6 Å². The van der Waals surface area contributed by atoms with Crippen molar-refractivity contribution < 1.29 is 18.8 Å². The molecule has 1 atom stereocenters. The monoisotopic (exact) mass is 456 g/mol. The molecule has 0 radical (unpaired) electrons. The van der Waals surface area contributed by atoms with Gasteiger partial charge in [-0.25, -0.2) is 0 Å². The van der Waals surface area contributed by atoms with Crippen LogP contribution in [0.3, 0.4) is 0 Å². The molecule has 3 aromatic carbocycles. The van der Waals surface area contributed by atoms with Gasteiger partial charge in [-0.1, -0.05) is 65.8 Å². The number of carbonyl (C=O) groups is 1. The fraction of sp³-hybridized carbons (Fsp3) is 0.214. The number of ether oxygens (including phenoxy) is 2. The van der Waals surface area contributed by atoms with Crippen molar-refractivity contribution in [2.24, 2.45) is 0 Å². The lowest BCUT2D eigenvalue weighted by molar-refractivity contribution is 0.0936. The summed E-state index contributed by atoms with van der Waals surface area (Å²) in [7, 11) is 1.56. The lowest BCUT2D eigenvalue weighted by atomic mass is 9.98. The van der Waals surface area contributed by atoms with Gasteiger partial charge in [-0.3, -0.25) is 4.79 Å². The topological polar surface area (TPSA) is 73.6 Å². The van der Waals surface area contributed by atoms with E-state index in [0.717, 1.165) is 28.1 Å². The van der Waals surface area contributed by atoms with Gasteiger partial charge in [0.05, 0.1) is 24.4 Å². The predicted molar refractivity (Wildman–Crippen MR) is 130 cm³/mol. The van der Waals surface area contributed by atoms with Crippen molar-refractivity contribution >= 4 is 5.91 Å². The molecule has 4 rings (SSSR count). The lowest BCUT2D eigenvalue weighted by Crippen LogP contribution is -2.30.